The second kappa shape index (κ2) is 8.99. The van der Waals surface area contributed by atoms with Gasteiger partial charge >= 0.3 is 0 Å². The molecule has 29 heavy (non-hydrogen) atoms. The van der Waals surface area contributed by atoms with Crippen molar-refractivity contribution in [3.8, 4) is 5.75 Å². The molecule has 0 saturated carbocycles. The van der Waals surface area contributed by atoms with Crippen LogP contribution in [0.15, 0.2) is 48.5 Å². The van der Waals surface area contributed by atoms with Crippen molar-refractivity contribution in [3.63, 3.8) is 0 Å². The van der Waals surface area contributed by atoms with Gasteiger partial charge in [-0.2, -0.15) is 0 Å². The minimum Gasteiger partial charge on any atom is -0.484 e. The third kappa shape index (κ3) is 5.82. The molecule has 156 valence electrons. The van der Waals surface area contributed by atoms with Gasteiger partial charge in [0.25, 0.3) is 5.91 Å². The fraction of sp³-hybridized carbons (Fsp3) is 0.435. The highest BCUT2D eigenvalue weighted by Crippen LogP contribution is 2.22. The molecule has 1 unspecified atom stereocenters. The van der Waals surface area contributed by atoms with E-state index in [1.807, 2.05) is 55.5 Å². The lowest BCUT2D eigenvalue weighted by atomic mass is 10.0. The second-order valence-electron chi connectivity index (χ2n) is 8.08. The highest BCUT2D eigenvalue weighted by atomic mass is 32.2. The van der Waals surface area contributed by atoms with Crippen molar-refractivity contribution < 1.29 is 17.9 Å². The summed E-state index contributed by atoms with van der Waals surface area (Å²) in [6, 6.07) is 15.4. The van der Waals surface area contributed by atoms with Gasteiger partial charge in [0.05, 0.1) is 11.5 Å². The Bertz CT molecular complexity index is 934. The molecule has 2 aromatic rings. The van der Waals surface area contributed by atoms with Crippen molar-refractivity contribution in [1.82, 2.24) is 4.90 Å². The number of rotatable bonds is 7. The first kappa shape index (κ1) is 21.4. The van der Waals surface area contributed by atoms with Gasteiger partial charge in [-0.05, 0) is 42.5 Å². The van der Waals surface area contributed by atoms with Crippen LogP contribution in [0.2, 0.25) is 0 Å². The largest absolute Gasteiger partial charge is 0.484 e. The van der Waals surface area contributed by atoms with Crippen LogP contribution in [0.5, 0.6) is 5.75 Å². The van der Waals surface area contributed by atoms with Gasteiger partial charge in [0, 0.05) is 12.6 Å². The van der Waals surface area contributed by atoms with E-state index in [1.165, 1.54) is 5.56 Å². The van der Waals surface area contributed by atoms with Crippen LogP contribution >= 0.6 is 0 Å². The van der Waals surface area contributed by atoms with Crippen molar-refractivity contribution in [1.29, 1.82) is 0 Å². The number of ether oxygens (including phenoxy) is 1. The van der Waals surface area contributed by atoms with Crippen LogP contribution in [0, 0.1) is 6.92 Å². The SMILES string of the molecule is Cc1ccc(CN(C(=O)COc2ccc(C(C)C)cc2)C2CCS(=O)(=O)C2)cc1. The molecule has 6 heteroatoms. The fourth-order valence-electron chi connectivity index (χ4n) is 3.51. The molecule has 0 N–H and O–H groups in total. The van der Waals surface area contributed by atoms with Crippen molar-refractivity contribution in [2.45, 2.75) is 45.7 Å². The molecule has 1 atom stereocenters. The maximum atomic E-state index is 13.0. The van der Waals surface area contributed by atoms with Crippen molar-refractivity contribution >= 4 is 15.7 Å². The summed E-state index contributed by atoms with van der Waals surface area (Å²) in [5.41, 5.74) is 3.33. The number of benzene rings is 2. The Labute approximate surface area is 173 Å². The Hall–Kier alpha value is -2.34. The molecule has 3 rings (SSSR count). The molecule has 0 radical (unpaired) electrons. The quantitative estimate of drug-likeness (QED) is 0.692. The summed E-state index contributed by atoms with van der Waals surface area (Å²) in [5.74, 6) is 1.03. The van der Waals surface area contributed by atoms with Crippen LogP contribution in [-0.2, 0) is 21.2 Å². The van der Waals surface area contributed by atoms with E-state index in [2.05, 4.69) is 13.8 Å². The van der Waals surface area contributed by atoms with Crippen LogP contribution in [0.1, 0.15) is 42.9 Å². The third-order valence-corrected chi connectivity index (χ3v) is 7.10. The standard InChI is InChI=1S/C23H29NO4S/c1-17(2)20-8-10-22(11-9-20)28-15-23(25)24(21-12-13-29(26,27)16-21)14-19-6-4-18(3)5-7-19/h4-11,17,21H,12-16H2,1-3H3. The Balaban J connectivity index is 1.70. The normalized spacial score (nSPS) is 18.0. The summed E-state index contributed by atoms with van der Waals surface area (Å²) in [6.07, 6.45) is 0.475. The van der Waals surface area contributed by atoms with E-state index < -0.39 is 9.84 Å². The van der Waals surface area contributed by atoms with Gasteiger partial charge in [-0.25, -0.2) is 8.42 Å². The third-order valence-electron chi connectivity index (χ3n) is 5.35. The Morgan fingerprint density at radius 3 is 2.31 bits per heavy atom. The Kier molecular flexibility index (Phi) is 6.63. The number of amides is 1. The summed E-state index contributed by atoms with van der Waals surface area (Å²) in [5, 5.41) is 0. The van der Waals surface area contributed by atoms with E-state index >= 15 is 0 Å². The molecule has 0 spiro atoms. The van der Waals surface area contributed by atoms with Crippen LogP contribution in [0.25, 0.3) is 0 Å². The van der Waals surface area contributed by atoms with Crippen LogP contribution < -0.4 is 4.74 Å². The van der Waals surface area contributed by atoms with E-state index in [-0.39, 0.29) is 30.1 Å². The number of carbonyl (C=O) groups excluding carboxylic acids is 1. The lowest BCUT2D eigenvalue weighted by molar-refractivity contribution is -0.136. The molecule has 2 aromatic carbocycles. The monoisotopic (exact) mass is 415 g/mol. The maximum absolute atomic E-state index is 13.0. The molecule has 1 fully saturated rings. The molecule has 0 aliphatic carbocycles. The predicted octanol–water partition coefficient (Wildman–Crippen LogP) is 3.71. The first-order valence-electron chi connectivity index (χ1n) is 10.0. The minimum absolute atomic E-state index is 0.0215. The highest BCUT2D eigenvalue weighted by molar-refractivity contribution is 7.91. The van der Waals surface area contributed by atoms with Gasteiger partial charge in [0.2, 0.25) is 0 Å². The molecule has 1 aliphatic rings. The van der Waals surface area contributed by atoms with Crippen LogP contribution in [0.4, 0.5) is 0 Å². The van der Waals surface area contributed by atoms with Crippen molar-refractivity contribution in [2.75, 3.05) is 18.1 Å². The van der Waals surface area contributed by atoms with E-state index in [4.69, 9.17) is 4.74 Å². The molecule has 1 heterocycles. The predicted molar refractivity (Wildman–Crippen MR) is 115 cm³/mol. The van der Waals surface area contributed by atoms with Crippen molar-refractivity contribution in [3.05, 3.63) is 65.2 Å². The molecule has 0 aromatic heterocycles. The summed E-state index contributed by atoms with van der Waals surface area (Å²) in [6.45, 7) is 6.53. The molecular weight excluding hydrogens is 386 g/mol. The summed E-state index contributed by atoms with van der Waals surface area (Å²) < 4.78 is 29.6. The van der Waals surface area contributed by atoms with Gasteiger partial charge in [-0.15, -0.1) is 0 Å². The topological polar surface area (TPSA) is 63.7 Å². The average Bonchev–Trinajstić information content (AvgIpc) is 3.05. The second-order valence-corrected chi connectivity index (χ2v) is 10.3. The van der Waals surface area contributed by atoms with E-state index in [0.717, 1.165) is 11.1 Å². The zero-order valence-electron chi connectivity index (χ0n) is 17.3. The smallest absolute Gasteiger partial charge is 0.261 e. The van der Waals surface area contributed by atoms with Gasteiger partial charge in [-0.3, -0.25) is 4.79 Å². The first-order chi connectivity index (χ1) is 13.7. The maximum Gasteiger partial charge on any atom is 0.261 e. The number of nitrogens with zero attached hydrogens (tertiary/aromatic N) is 1. The minimum atomic E-state index is -3.09. The zero-order valence-corrected chi connectivity index (χ0v) is 18.1. The molecular formula is C23H29NO4S. The number of hydrogen-bond acceptors (Lipinski definition) is 4. The highest BCUT2D eigenvalue weighted by Gasteiger charge is 2.34. The number of aryl methyl sites for hydroxylation is 1. The Morgan fingerprint density at radius 2 is 1.76 bits per heavy atom. The van der Waals surface area contributed by atoms with Crippen LogP contribution in [-0.4, -0.2) is 43.4 Å². The fourth-order valence-corrected chi connectivity index (χ4v) is 5.24. The van der Waals surface area contributed by atoms with Gasteiger partial charge in [0.1, 0.15) is 5.75 Å². The lowest BCUT2D eigenvalue weighted by Crippen LogP contribution is -2.43. The van der Waals surface area contributed by atoms with Gasteiger partial charge in [0.15, 0.2) is 16.4 Å². The van der Waals surface area contributed by atoms with Gasteiger partial charge in [-0.1, -0.05) is 55.8 Å². The van der Waals surface area contributed by atoms with E-state index in [1.54, 1.807) is 4.90 Å². The van der Waals surface area contributed by atoms with Gasteiger partial charge < -0.3 is 9.64 Å². The number of sulfone groups is 1. The van der Waals surface area contributed by atoms with Crippen LogP contribution in [0.3, 0.4) is 0 Å². The van der Waals surface area contributed by atoms with E-state index in [9.17, 15) is 13.2 Å². The molecule has 1 aliphatic heterocycles. The summed E-state index contributed by atoms with van der Waals surface area (Å²) in [7, 11) is -3.09. The zero-order chi connectivity index (χ0) is 21.0. The number of carbonyl (C=O) groups is 1. The molecule has 1 saturated heterocycles. The Morgan fingerprint density at radius 1 is 1.10 bits per heavy atom. The van der Waals surface area contributed by atoms with Crippen molar-refractivity contribution in [2.24, 2.45) is 0 Å². The first-order valence-corrected chi connectivity index (χ1v) is 11.8. The summed E-state index contributed by atoms with van der Waals surface area (Å²) in [4.78, 5) is 14.6. The van der Waals surface area contributed by atoms with E-state index in [0.29, 0.717) is 24.6 Å². The molecule has 1 amide bonds. The molecule has 0 bridgehead atoms. The average molecular weight is 416 g/mol. The lowest BCUT2D eigenvalue weighted by Gasteiger charge is -2.28. The number of hydrogen-bond donors (Lipinski definition) is 0. The summed E-state index contributed by atoms with van der Waals surface area (Å²) >= 11 is 0. The molecule has 5 nitrogen and oxygen atoms in total.